The van der Waals surface area contributed by atoms with Crippen LogP contribution in [0, 0.1) is 0 Å². The van der Waals surface area contributed by atoms with Gasteiger partial charge in [-0.25, -0.2) is 0 Å². The Morgan fingerprint density at radius 2 is 1.72 bits per heavy atom. The van der Waals surface area contributed by atoms with E-state index >= 15 is 0 Å². The lowest BCUT2D eigenvalue weighted by atomic mass is 10.2. The second kappa shape index (κ2) is 5.00. The van der Waals surface area contributed by atoms with Crippen molar-refractivity contribution in [3.8, 4) is 0 Å². The minimum absolute atomic E-state index is 0.128. The number of nitrogens with zero attached hydrogens (tertiary/aromatic N) is 2. The molecule has 1 aromatic carbocycles. The number of rotatable bonds is 4. The van der Waals surface area contributed by atoms with Crippen LogP contribution in [0.3, 0.4) is 0 Å². The molecule has 1 saturated heterocycles. The van der Waals surface area contributed by atoms with Gasteiger partial charge in [0.25, 0.3) is 0 Å². The standard InChI is InChI=1S/C13H14N2O3/c1-14(9-15-12(17)6-7-13(15)18)11-4-2-10(8-16)3-5-11/h2-5,8H,6-7,9H2,1H3. The van der Waals surface area contributed by atoms with E-state index in [1.165, 1.54) is 4.90 Å². The molecule has 0 N–H and O–H groups in total. The average molecular weight is 246 g/mol. The summed E-state index contributed by atoms with van der Waals surface area (Å²) in [6, 6.07) is 6.97. The third-order valence-corrected chi connectivity index (χ3v) is 2.98. The van der Waals surface area contributed by atoms with Crippen molar-refractivity contribution in [2.45, 2.75) is 12.8 Å². The quantitative estimate of drug-likeness (QED) is 0.588. The first-order valence-electron chi connectivity index (χ1n) is 5.71. The van der Waals surface area contributed by atoms with E-state index in [1.807, 2.05) is 0 Å². The number of aldehydes is 1. The van der Waals surface area contributed by atoms with E-state index in [1.54, 1.807) is 36.2 Å². The molecule has 1 heterocycles. The molecule has 0 unspecified atom stereocenters. The van der Waals surface area contributed by atoms with Crippen molar-refractivity contribution < 1.29 is 14.4 Å². The molecule has 0 spiro atoms. The summed E-state index contributed by atoms with van der Waals surface area (Å²) in [5, 5.41) is 0. The van der Waals surface area contributed by atoms with Crippen molar-refractivity contribution >= 4 is 23.8 Å². The summed E-state index contributed by atoms with van der Waals surface area (Å²) in [7, 11) is 1.80. The average Bonchev–Trinajstić information content (AvgIpc) is 2.70. The maximum Gasteiger partial charge on any atom is 0.231 e. The number of likely N-dealkylation sites (tertiary alicyclic amines) is 1. The number of carbonyl (C=O) groups excluding carboxylic acids is 3. The highest BCUT2D eigenvalue weighted by Crippen LogP contribution is 2.17. The molecular formula is C13H14N2O3. The van der Waals surface area contributed by atoms with Crippen molar-refractivity contribution in [2.24, 2.45) is 0 Å². The number of hydrogen-bond acceptors (Lipinski definition) is 4. The van der Waals surface area contributed by atoms with E-state index < -0.39 is 0 Å². The lowest BCUT2D eigenvalue weighted by Gasteiger charge is -2.24. The smallest absolute Gasteiger partial charge is 0.231 e. The Morgan fingerprint density at radius 1 is 1.17 bits per heavy atom. The van der Waals surface area contributed by atoms with Crippen LogP contribution < -0.4 is 4.90 Å². The Bertz CT molecular complexity index is 466. The zero-order valence-corrected chi connectivity index (χ0v) is 10.1. The van der Waals surface area contributed by atoms with Crippen molar-refractivity contribution in [3.05, 3.63) is 29.8 Å². The van der Waals surface area contributed by atoms with Gasteiger partial charge in [-0.05, 0) is 24.3 Å². The van der Waals surface area contributed by atoms with Gasteiger partial charge in [-0.3, -0.25) is 19.3 Å². The summed E-state index contributed by atoms with van der Waals surface area (Å²) < 4.78 is 0. The molecule has 2 amide bonds. The minimum Gasteiger partial charge on any atom is -0.356 e. The van der Waals surface area contributed by atoms with Crippen LogP contribution in [0.25, 0.3) is 0 Å². The van der Waals surface area contributed by atoms with Gasteiger partial charge in [0.15, 0.2) is 0 Å². The summed E-state index contributed by atoms with van der Waals surface area (Å²) in [5.41, 5.74) is 1.45. The maximum atomic E-state index is 11.5. The summed E-state index contributed by atoms with van der Waals surface area (Å²) in [5.74, 6) is -0.257. The van der Waals surface area contributed by atoms with Crippen LogP contribution in [0.15, 0.2) is 24.3 Å². The summed E-state index contributed by atoms with van der Waals surface area (Å²) in [4.78, 5) is 36.6. The Morgan fingerprint density at radius 3 is 2.22 bits per heavy atom. The first kappa shape index (κ1) is 12.3. The third kappa shape index (κ3) is 2.40. The normalized spacial score (nSPS) is 15.1. The number of imide groups is 1. The fourth-order valence-electron chi connectivity index (χ4n) is 1.88. The third-order valence-electron chi connectivity index (χ3n) is 2.98. The van der Waals surface area contributed by atoms with Crippen LogP contribution in [0.5, 0.6) is 0 Å². The zero-order valence-electron chi connectivity index (χ0n) is 10.1. The summed E-state index contributed by atoms with van der Waals surface area (Å²) in [6.45, 7) is 0.248. The molecule has 94 valence electrons. The van der Waals surface area contributed by atoms with Crippen molar-refractivity contribution in [3.63, 3.8) is 0 Å². The Hall–Kier alpha value is -2.17. The van der Waals surface area contributed by atoms with Crippen LogP contribution in [-0.2, 0) is 9.59 Å². The van der Waals surface area contributed by atoms with Crippen LogP contribution in [0.4, 0.5) is 5.69 Å². The van der Waals surface area contributed by atoms with E-state index in [0.717, 1.165) is 12.0 Å². The van der Waals surface area contributed by atoms with Crippen molar-refractivity contribution in [2.75, 3.05) is 18.6 Å². The Balaban J connectivity index is 2.06. The predicted octanol–water partition coefficient (Wildman–Crippen LogP) is 1.04. The van der Waals surface area contributed by atoms with Crippen LogP contribution in [0.1, 0.15) is 23.2 Å². The van der Waals surface area contributed by atoms with Gasteiger partial charge in [0.1, 0.15) is 13.0 Å². The Kier molecular flexibility index (Phi) is 3.41. The maximum absolute atomic E-state index is 11.5. The van der Waals surface area contributed by atoms with Crippen LogP contribution in [0.2, 0.25) is 0 Å². The Labute approximate surface area is 105 Å². The number of amides is 2. The number of anilines is 1. The zero-order chi connectivity index (χ0) is 13.1. The molecule has 5 heteroatoms. The van der Waals surface area contributed by atoms with Crippen molar-refractivity contribution in [1.29, 1.82) is 0 Å². The second-order valence-corrected chi connectivity index (χ2v) is 4.26. The van der Waals surface area contributed by atoms with Crippen LogP contribution >= 0.6 is 0 Å². The van der Waals surface area contributed by atoms with Gasteiger partial charge in [0, 0.05) is 31.1 Å². The fraction of sp³-hybridized carbons (Fsp3) is 0.308. The van der Waals surface area contributed by atoms with Gasteiger partial charge < -0.3 is 4.90 Å². The highest BCUT2D eigenvalue weighted by molar-refractivity contribution is 6.02. The first-order valence-corrected chi connectivity index (χ1v) is 5.71. The van der Waals surface area contributed by atoms with Gasteiger partial charge in [-0.15, -0.1) is 0 Å². The van der Waals surface area contributed by atoms with Crippen LogP contribution in [-0.4, -0.2) is 36.7 Å². The van der Waals surface area contributed by atoms with E-state index in [-0.39, 0.29) is 18.5 Å². The van der Waals surface area contributed by atoms with Gasteiger partial charge in [-0.1, -0.05) is 0 Å². The fourth-order valence-corrected chi connectivity index (χ4v) is 1.88. The highest BCUT2D eigenvalue weighted by atomic mass is 16.2. The molecular weight excluding hydrogens is 232 g/mol. The molecule has 0 atom stereocenters. The van der Waals surface area contributed by atoms with E-state index in [0.29, 0.717) is 18.4 Å². The first-order chi connectivity index (χ1) is 8.61. The van der Waals surface area contributed by atoms with Gasteiger partial charge >= 0.3 is 0 Å². The lowest BCUT2D eigenvalue weighted by molar-refractivity contribution is -0.138. The molecule has 0 radical (unpaired) electrons. The molecule has 0 bridgehead atoms. The predicted molar refractivity (Wildman–Crippen MR) is 66.2 cm³/mol. The molecule has 1 aromatic rings. The highest BCUT2D eigenvalue weighted by Gasteiger charge is 2.29. The molecule has 5 nitrogen and oxygen atoms in total. The largest absolute Gasteiger partial charge is 0.356 e. The summed E-state index contributed by atoms with van der Waals surface area (Å²) in [6.07, 6.45) is 1.38. The van der Waals surface area contributed by atoms with E-state index in [2.05, 4.69) is 0 Å². The van der Waals surface area contributed by atoms with E-state index in [4.69, 9.17) is 0 Å². The number of carbonyl (C=O) groups is 3. The molecule has 0 aliphatic carbocycles. The second-order valence-electron chi connectivity index (χ2n) is 4.26. The van der Waals surface area contributed by atoms with Gasteiger partial charge in [0.2, 0.25) is 11.8 Å². The van der Waals surface area contributed by atoms with Crippen molar-refractivity contribution in [1.82, 2.24) is 4.90 Å². The summed E-state index contributed by atoms with van der Waals surface area (Å²) >= 11 is 0. The molecule has 18 heavy (non-hydrogen) atoms. The molecule has 1 aliphatic rings. The molecule has 1 aliphatic heterocycles. The molecule has 0 aromatic heterocycles. The molecule has 1 fully saturated rings. The monoisotopic (exact) mass is 246 g/mol. The lowest BCUT2D eigenvalue weighted by Crippen LogP contribution is -2.39. The van der Waals surface area contributed by atoms with E-state index in [9.17, 15) is 14.4 Å². The topological polar surface area (TPSA) is 57.7 Å². The number of hydrogen-bond donors (Lipinski definition) is 0. The SMILES string of the molecule is CN(CN1C(=O)CCC1=O)c1ccc(C=O)cc1. The van der Waals surface area contributed by atoms with Gasteiger partial charge in [-0.2, -0.15) is 0 Å². The molecule has 0 saturated carbocycles. The number of benzene rings is 1. The van der Waals surface area contributed by atoms with Gasteiger partial charge in [0.05, 0.1) is 0 Å². The molecule has 2 rings (SSSR count). The minimum atomic E-state index is -0.128.